The lowest BCUT2D eigenvalue weighted by Crippen LogP contribution is -2.66. The van der Waals surface area contributed by atoms with E-state index in [0.29, 0.717) is 12.8 Å². The van der Waals surface area contributed by atoms with Gasteiger partial charge < -0.3 is 10.2 Å². The Morgan fingerprint density at radius 1 is 1.33 bits per heavy atom. The summed E-state index contributed by atoms with van der Waals surface area (Å²) < 4.78 is 16.8. The van der Waals surface area contributed by atoms with Crippen LogP contribution in [0, 0.1) is 34.5 Å². The number of aliphatic hydroxyl groups is 2. The molecule has 5 heteroatoms. The van der Waals surface area contributed by atoms with Gasteiger partial charge in [-0.1, -0.05) is 25.5 Å². The number of Topliss-reactive ketones (excluding diaryl/α,β-unsaturated/α-hetero) is 1. The molecule has 27 heavy (non-hydrogen) atoms. The van der Waals surface area contributed by atoms with Crippen molar-refractivity contribution in [3.05, 3.63) is 23.8 Å². The van der Waals surface area contributed by atoms with Gasteiger partial charge in [0, 0.05) is 17.3 Å². The average molecular weight is 376 g/mol. The van der Waals surface area contributed by atoms with E-state index in [1.54, 1.807) is 13.0 Å². The molecule has 2 unspecified atom stereocenters. The minimum Gasteiger partial charge on any atom is -0.390 e. The molecule has 3 fully saturated rings. The molecular weight excluding hydrogens is 347 g/mol. The third kappa shape index (κ3) is 2.21. The molecule has 0 spiro atoms. The Morgan fingerprint density at radius 3 is 2.70 bits per heavy atom. The highest BCUT2D eigenvalue weighted by atomic mass is 19.1. The van der Waals surface area contributed by atoms with Gasteiger partial charge in [0.1, 0.15) is 6.61 Å². The standard InChI is InChI=1S/C22H29FO4/c1-12-8-16-15-5-4-13-9-14(25)6-7-21(13,3)22(15,23)18(27)10-20(16,2)19(12)17(26)11-24/h6-7,9,12,15-16,18-19,24,27H,4-5,8,10-11H2,1-3H3/t12-,15-,16-,18-,19?,20-,21-,22?/m0/s1. The predicted octanol–water partition coefficient (Wildman–Crippen LogP) is 2.78. The lowest BCUT2D eigenvalue weighted by atomic mass is 9.45. The largest absolute Gasteiger partial charge is 0.390 e. The van der Waals surface area contributed by atoms with Gasteiger partial charge in [-0.25, -0.2) is 4.39 Å². The monoisotopic (exact) mass is 376 g/mol. The second kappa shape index (κ2) is 5.84. The van der Waals surface area contributed by atoms with Crippen LogP contribution in [0.15, 0.2) is 23.8 Å². The highest BCUT2D eigenvalue weighted by molar-refractivity contribution is 6.01. The van der Waals surface area contributed by atoms with Gasteiger partial charge in [0.25, 0.3) is 0 Å². The van der Waals surface area contributed by atoms with E-state index >= 15 is 4.39 Å². The van der Waals surface area contributed by atoms with Crippen LogP contribution >= 0.6 is 0 Å². The molecule has 0 amide bonds. The zero-order valence-electron chi connectivity index (χ0n) is 16.2. The van der Waals surface area contributed by atoms with Crippen LogP contribution in [0.4, 0.5) is 4.39 Å². The Hall–Kier alpha value is -1.33. The molecule has 3 saturated carbocycles. The maximum atomic E-state index is 16.8. The number of carbonyl (C=O) groups is 2. The molecule has 148 valence electrons. The quantitative estimate of drug-likeness (QED) is 0.777. The molecule has 0 saturated heterocycles. The van der Waals surface area contributed by atoms with Gasteiger partial charge in [0.05, 0.1) is 6.10 Å². The molecule has 0 bridgehead atoms. The third-order valence-corrected chi connectivity index (χ3v) is 8.48. The molecular formula is C22H29FO4. The van der Waals surface area contributed by atoms with Crippen molar-refractivity contribution < 1.29 is 24.2 Å². The second-order valence-electron chi connectivity index (χ2n) is 9.67. The van der Waals surface area contributed by atoms with Crippen LogP contribution in [-0.4, -0.2) is 40.2 Å². The Balaban J connectivity index is 1.80. The molecule has 0 aliphatic heterocycles. The van der Waals surface area contributed by atoms with E-state index in [0.717, 1.165) is 12.0 Å². The summed E-state index contributed by atoms with van der Waals surface area (Å²) in [5.74, 6) is -1.00. The van der Waals surface area contributed by atoms with Gasteiger partial charge in [0.2, 0.25) is 0 Å². The summed E-state index contributed by atoms with van der Waals surface area (Å²) in [6.45, 7) is 5.29. The summed E-state index contributed by atoms with van der Waals surface area (Å²) in [5.41, 5.74) is -2.59. The van der Waals surface area contributed by atoms with Gasteiger partial charge in [-0.3, -0.25) is 9.59 Å². The fourth-order valence-electron chi connectivity index (χ4n) is 7.36. The van der Waals surface area contributed by atoms with Crippen molar-refractivity contribution in [2.24, 2.45) is 34.5 Å². The van der Waals surface area contributed by atoms with E-state index in [2.05, 4.69) is 0 Å². The normalized spacial score (nSPS) is 51.3. The number of fused-ring (bicyclic) bond motifs is 5. The topological polar surface area (TPSA) is 74.6 Å². The van der Waals surface area contributed by atoms with Crippen LogP contribution in [0.25, 0.3) is 0 Å². The van der Waals surface area contributed by atoms with Crippen LogP contribution in [-0.2, 0) is 9.59 Å². The zero-order chi connectivity index (χ0) is 19.8. The van der Waals surface area contributed by atoms with Gasteiger partial charge in [-0.15, -0.1) is 0 Å². The van der Waals surface area contributed by atoms with Crippen molar-refractivity contribution in [3.63, 3.8) is 0 Å². The van der Waals surface area contributed by atoms with E-state index < -0.39 is 29.2 Å². The number of carbonyl (C=O) groups excluding carboxylic acids is 2. The first-order chi connectivity index (χ1) is 12.6. The third-order valence-electron chi connectivity index (χ3n) is 8.48. The maximum absolute atomic E-state index is 16.8. The van der Waals surface area contributed by atoms with E-state index in [9.17, 15) is 19.8 Å². The van der Waals surface area contributed by atoms with E-state index in [-0.39, 0.29) is 41.7 Å². The molecule has 2 N–H and O–H groups in total. The molecule has 0 aromatic heterocycles. The van der Waals surface area contributed by atoms with E-state index in [4.69, 9.17) is 0 Å². The van der Waals surface area contributed by atoms with Crippen LogP contribution in [0.3, 0.4) is 0 Å². The van der Waals surface area contributed by atoms with Crippen molar-refractivity contribution >= 4 is 11.6 Å². The van der Waals surface area contributed by atoms with Gasteiger partial charge in [-0.05, 0) is 62.0 Å². The Morgan fingerprint density at radius 2 is 2.04 bits per heavy atom. The smallest absolute Gasteiger partial charge is 0.178 e. The number of halogens is 1. The molecule has 4 aliphatic carbocycles. The molecule has 8 atom stereocenters. The highest BCUT2D eigenvalue weighted by Crippen LogP contribution is 2.69. The lowest BCUT2D eigenvalue weighted by molar-refractivity contribution is -0.195. The first-order valence-corrected chi connectivity index (χ1v) is 10.0. The number of ketones is 2. The fourth-order valence-corrected chi connectivity index (χ4v) is 7.36. The summed E-state index contributed by atoms with van der Waals surface area (Å²) in [5, 5.41) is 20.6. The second-order valence-corrected chi connectivity index (χ2v) is 9.67. The summed E-state index contributed by atoms with van der Waals surface area (Å²) in [7, 11) is 0. The summed E-state index contributed by atoms with van der Waals surface area (Å²) >= 11 is 0. The van der Waals surface area contributed by atoms with Crippen LogP contribution in [0.2, 0.25) is 0 Å². The highest BCUT2D eigenvalue weighted by Gasteiger charge is 2.71. The number of rotatable bonds is 2. The molecule has 0 heterocycles. The molecule has 4 nitrogen and oxygen atoms in total. The first-order valence-electron chi connectivity index (χ1n) is 10.0. The van der Waals surface area contributed by atoms with Crippen molar-refractivity contribution in [2.45, 2.75) is 58.2 Å². The minimum atomic E-state index is -1.85. The molecule has 4 aliphatic rings. The van der Waals surface area contributed by atoms with Gasteiger partial charge in [-0.2, -0.15) is 0 Å². The van der Waals surface area contributed by atoms with Crippen molar-refractivity contribution in [2.75, 3.05) is 6.61 Å². The van der Waals surface area contributed by atoms with Crippen molar-refractivity contribution in [1.82, 2.24) is 0 Å². The van der Waals surface area contributed by atoms with E-state index in [1.807, 2.05) is 13.8 Å². The number of aliphatic hydroxyl groups excluding tert-OH is 2. The molecule has 0 aromatic rings. The maximum Gasteiger partial charge on any atom is 0.178 e. The van der Waals surface area contributed by atoms with Crippen molar-refractivity contribution in [1.29, 1.82) is 0 Å². The lowest BCUT2D eigenvalue weighted by Gasteiger charge is -2.62. The molecule has 4 rings (SSSR count). The first kappa shape index (κ1) is 19.0. The molecule has 0 aromatic carbocycles. The van der Waals surface area contributed by atoms with Crippen molar-refractivity contribution in [3.8, 4) is 0 Å². The van der Waals surface area contributed by atoms with Gasteiger partial charge in [0.15, 0.2) is 17.2 Å². The predicted molar refractivity (Wildman–Crippen MR) is 98.5 cm³/mol. The van der Waals surface area contributed by atoms with Gasteiger partial charge >= 0.3 is 0 Å². The minimum absolute atomic E-state index is 0.0224. The number of hydrogen-bond donors (Lipinski definition) is 2. The Labute approximate surface area is 159 Å². The fraction of sp³-hybridized carbons (Fsp3) is 0.727. The van der Waals surface area contributed by atoms with Crippen LogP contribution < -0.4 is 0 Å². The summed E-state index contributed by atoms with van der Waals surface area (Å²) in [6, 6.07) is 0. The number of allylic oxidation sites excluding steroid dienone is 4. The van der Waals surface area contributed by atoms with Crippen LogP contribution in [0.5, 0.6) is 0 Å². The number of hydrogen-bond acceptors (Lipinski definition) is 4. The van der Waals surface area contributed by atoms with E-state index in [1.165, 1.54) is 12.2 Å². The Kier molecular flexibility index (Phi) is 4.11. The SMILES string of the molecule is C[C@H]1C[C@H]2[C@@H]3CCC4=CC(=O)C=C[C@]4(C)C3(F)[C@@H](O)C[C@]2(C)C1C(=O)CO. The average Bonchev–Trinajstić information content (AvgIpc) is 2.86. The summed E-state index contributed by atoms with van der Waals surface area (Å²) in [6.07, 6.45) is 5.53. The number of alkyl halides is 1. The van der Waals surface area contributed by atoms with Crippen LogP contribution in [0.1, 0.15) is 46.5 Å². The zero-order valence-corrected chi connectivity index (χ0v) is 16.2. The molecule has 0 radical (unpaired) electrons. The summed E-state index contributed by atoms with van der Waals surface area (Å²) in [4.78, 5) is 24.3. The Bertz CT molecular complexity index is 757.